The highest BCUT2D eigenvalue weighted by Crippen LogP contribution is 2.38. The monoisotopic (exact) mass is 238 g/mol. The quantitative estimate of drug-likeness (QED) is 0.843. The fourth-order valence-electron chi connectivity index (χ4n) is 3.17. The Morgan fingerprint density at radius 1 is 1.44 bits per heavy atom. The van der Waals surface area contributed by atoms with Gasteiger partial charge in [0.05, 0.1) is 0 Å². The second kappa shape index (κ2) is 3.96. The Balaban J connectivity index is 1.85. The highest BCUT2D eigenvalue weighted by molar-refractivity contribution is 7.15. The van der Waals surface area contributed by atoms with Crippen molar-refractivity contribution in [3.05, 3.63) is 5.01 Å². The molecule has 3 atom stereocenters. The van der Waals surface area contributed by atoms with Crippen LogP contribution in [-0.4, -0.2) is 35.9 Å². The van der Waals surface area contributed by atoms with Crippen molar-refractivity contribution in [2.45, 2.75) is 26.3 Å². The molecule has 1 aromatic heterocycles. The minimum absolute atomic E-state index is 0.660. The molecule has 5 heteroatoms. The van der Waals surface area contributed by atoms with E-state index < -0.39 is 0 Å². The zero-order valence-electron chi connectivity index (χ0n) is 9.81. The Morgan fingerprint density at radius 2 is 2.31 bits per heavy atom. The van der Waals surface area contributed by atoms with E-state index in [0.717, 1.165) is 28.5 Å². The van der Waals surface area contributed by atoms with Gasteiger partial charge in [0.2, 0.25) is 5.13 Å². The second-order valence-corrected chi connectivity index (χ2v) is 5.97. The number of rotatable bonds is 2. The molecule has 3 unspecified atom stereocenters. The molecular formula is C11H18N4S. The van der Waals surface area contributed by atoms with Crippen LogP contribution >= 0.6 is 11.3 Å². The Kier molecular flexibility index (Phi) is 2.59. The zero-order valence-corrected chi connectivity index (χ0v) is 10.6. The van der Waals surface area contributed by atoms with Crippen LogP contribution in [0.3, 0.4) is 0 Å². The fourth-order valence-corrected chi connectivity index (χ4v) is 3.92. The number of nitrogens with zero attached hydrogens (tertiary/aromatic N) is 3. The first kappa shape index (κ1) is 10.5. The maximum atomic E-state index is 4.30. The molecule has 0 radical (unpaired) electrons. The molecule has 4 nitrogen and oxygen atoms in total. The predicted octanol–water partition coefficient (Wildman–Crippen LogP) is 1.28. The number of hydrogen-bond donors (Lipinski definition) is 1. The lowest BCUT2D eigenvalue weighted by Gasteiger charge is -2.25. The van der Waals surface area contributed by atoms with Gasteiger partial charge in [0.15, 0.2) is 0 Å². The van der Waals surface area contributed by atoms with Gasteiger partial charge in [-0.15, -0.1) is 10.2 Å². The summed E-state index contributed by atoms with van der Waals surface area (Å²) < 4.78 is 0. The van der Waals surface area contributed by atoms with Crippen molar-refractivity contribution in [3.8, 4) is 0 Å². The van der Waals surface area contributed by atoms with Gasteiger partial charge >= 0.3 is 0 Å². The molecular weight excluding hydrogens is 220 g/mol. The van der Waals surface area contributed by atoms with Crippen molar-refractivity contribution in [1.82, 2.24) is 15.5 Å². The van der Waals surface area contributed by atoms with E-state index in [0.29, 0.717) is 6.04 Å². The van der Waals surface area contributed by atoms with Crippen LogP contribution in [0.5, 0.6) is 0 Å². The van der Waals surface area contributed by atoms with Gasteiger partial charge in [-0.25, -0.2) is 0 Å². The first-order valence-corrected chi connectivity index (χ1v) is 6.88. The normalized spacial score (nSPS) is 33.4. The summed E-state index contributed by atoms with van der Waals surface area (Å²) in [5, 5.41) is 14.1. The maximum Gasteiger partial charge on any atom is 0.208 e. The lowest BCUT2D eigenvalue weighted by Crippen LogP contribution is -2.35. The van der Waals surface area contributed by atoms with Crippen molar-refractivity contribution in [3.63, 3.8) is 0 Å². The molecule has 88 valence electrons. The van der Waals surface area contributed by atoms with Crippen LogP contribution in [0.4, 0.5) is 5.13 Å². The molecule has 1 N–H and O–H groups in total. The number of anilines is 1. The van der Waals surface area contributed by atoms with E-state index >= 15 is 0 Å². The Labute approximate surface area is 100 Å². The van der Waals surface area contributed by atoms with Crippen LogP contribution in [0.1, 0.15) is 18.4 Å². The molecule has 1 aromatic rings. The van der Waals surface area contributed by atoms with E-state index in [1.807, 2.05) is 6.92 Å². The van der Waals surface area contributed by atoms with Crippen LogP contribution < -0.4 is 10.2 Å². The Morgan fingerprint density at radius 3 is 3.00 bits per heavy atom. The first-order chi connectivity index (χ1) is 7.79. The van der Waals surface area contributed by atoms with Gasteiger partial charge < -0.3 is 10.2 Å². The lowest BCUT2D eigenvalue weighted by atomic mass is 9.93. The third-order valence-electron chi connectivity index (χ3n) is 3.90. The summed E-state index contributed by atoms with van der Waals surface area (Å²) in [5.41, 5.74) is 0. The molecule has 3 rings (SSSR count). The molecule has 2 saturated heterocycles. The highest BCUT2D eigenvalue weighted by atomic mass is 32.1. The molecule has 0 bridgehead atoms. The first-order valence-electron chi connectivity index (χ1n) is 6.07. The van der Waals surface area contributed by atoms with Gasteiger partial charge in [0.1, 0.15) is 5.01 Å². The molecule has 0 saturated carbocycles. The average Bonchev–Trinajstić information content (AvgIpc) is 2.90. The van der Waals surface area contributed by atoms with Gasteiger partial charge in [-0.2, -0.15) is 0 Å². The second-order valence-electron chi connectivity index (χ2n) is 4.81. The van der Waals surface area contributed by atoms with E-state index in [-0.39, 0.29) is 0 Å². The molecule has 2 aliphatic rings. The van der Waals surface area contributed by atoms with Crippen LogP contribution in [0.2, 0.25) is 0 Å². The SMILES string of the molecule is CCC1C2CNCC2CN1c1nnc(C)s1. The van der Waals surface area contributed by atoms with E-state index in [1.165, 1.54) is 19.5 Å². The molecule has 0 aliphatic carbocycles. The summed E-state index contributed by atoms with van der Waals surface area (Å²) in [6.07, 6.45) is 1.21. The Hall–Kier alpha value is -0.680. The van der Waals surface area contributed by atoms with Gasteiger partial charge in [-0.1, -0.05) is 18.3 Å². The fraction of sp³-hybridized carbons (Fsp3) is 0.818. The lowest BCUT2D eigenvalue weighted by molar-refractivity contribution is 0.442. The number of aryl methyl sites for hydroxylation is 1. The highest BCUT2D eigenvalue weighted by Gasteiger charge is 2.44. The standard InChI is InChI=1S/C11H18N4S/c1-3-10-9-5-12-4-8(9)6-15(10)11-14-13-7(2)16-11/h8-10,12H,3-6H2,1-2H3. The zero-order chi connectivity index (χ0) is 11.1. The number of aromatic nitrogens is 2. The Bertz CT molecular complexity index is 378. The molecule has 16 heavy (non-hydrogen) atoms. The summed E-state index contributed by atoms with van der Waals surface area (Å²) >= 11 is 1.73. The minimum atomic E-state index is 0.660. The minimum Gasteiger partial charge on any atom is -0.343 e. The average molecular weight is 238 g/mol. The van der Waals surface area contributed by atoms with Crippen molar-refractivity contribution < 1.29 is 0 Å². The molecule has 0 amide bonds. The predicted molar refractivity (Wildman–Crippen MR) is 65.9 cm³/mol. The van der Waals surface area contributed by atoms with Crippen molar-refractivity contribution in [2.75, 3.05) is 24.5 Å². The van der Waals surface area contributed by atoms with E-state index in [4.69, 9.17) is 0 Å². The summed E-state index contributed by atoms with van der Waals surface area (Å²) in [6.45, 7) is 7.82. The van der Waals surface area contributed by atoms with Gasteiger partial charge in [-0.3, -0.25) is 0 Å². The van der Waals surface area contributed by atoms with Crippen LogP contribution in [0.15, 0.2) is 0 Å². The van der Waals surface area contributed by atoms with E-state index in [9.17, 15) is 0 Å². The number of fused-ring (bicyclic) bond motifs is 1. The topological polar surface area (TPSA) is 41.0 Å². The maximum absolute atomic E-state index is 4.30. The van der Waals surface area contributed by atoms with Crippen LogP contribution in [0.25, 0.3) is 0 Å². The number of nitrogens with one attached hydrogen (secondary N) is 1. The molecule has 0 aromatic carbocycles. The van der Waals surface area contributed by atoms with Crippen molar-refractivity contribution in [2.24, 2.45) is 11.8 Å². The third-order valence-corrected chi connectivity index (χ3v) is 4.77. The van der Waals surface area contributed by atoms with Gasteiger partial charge in [0.25, 0.3) is 0 Å². The van der Waals surface area contributed by atoms with Gasteiger partial charge in [-0.05, 0) is 25.2 Å². The van der Waals surface area contributed by atoms with E-state index in [1.54, 1.807) is 11.3 Å². The summed E-state index contributed by atoms with van der Waals surface area (Å²) in [6, 6.07) is 0.660. The van der Waals surface area contributed by atoms with Crippen molar-refractivity contribution in [1.29, 1.82) is 0 Å². The molecule has 2 fully saturated rings. The molecule has 3 heterocycles. The van der Waals surface area contributed by atoms with Crippen LogP contribution in [-0.2, 0) is 0 Å². The molecule has 0 spiro atoms. The summed E-state index contributed by atoms with van der Waals surface area (Å²) in [5.74, 6) is 1.63. The van der Waals surface area contributed by atoms with Crippen molar-refractivity contribution >= 4 is 16.5 Å². The van der Waals surface area contributed by atoms with E-state index in [2.05, 4.69) is 27.3 Å². The number of hydrogen-bond acceptors (Lipinski definition) is 5. The summed E-state index contributed by atoms with van der Waals surface area (Å²) in [4.78, 5) is 2.49. The largest absolute Gasteiger partial charge is 0.343 e. The third kappa shape index (κ3) is 1.53. The van der Waals surface area contributed by atoms with Crippen LogP contribution in [0, 0.1) is 18.8 Å². The molecule has 2 aliphatic heterocycles. The summed E-state index contributed by atoms with van der Waals surface area (Å²) in [7, 11) is 0. The smallest absolute Gasteiger partial charge is 0.208 e. The van der Waals surface area contributed by atoms with Gasteiger partial charge in [0, 0.05) is 25.7 Å².